The molecule has 2 aromatic carbocycles. The number of fused-ring (bicyclic) bond motifs is 1. The van der Waals surface area contributed by atoms with Gasteiger partial charge in [-0.05, 0) is 70.6 Å². The molecule has 0 fully saturated rings. The van der Waals surface area contributed by atoms with E-state index in [4.69, 9.17) is 4.74 Å². The van der Waals surface area contributed by atoms with Gasteiger partial charge in [0.15, 0.2) is 9.84 Å². The first-order valence-electron chi connectivity index (χ1n) is 10.6. The summed E-state index contributed by atoms with van der Waals surface area (Å²) >= 11 is 0. The summed E-state index contributed by atoms with van der Waals surface area (Å²) < 4.78 is 29.5. The van der Waals surface area contributed by atoms with E-state index in [9.17, 15) is 8.42 Å². The molecular formula is C26H34O3S. The van der Waals surface area contributed by atoms with Crippen molar-refractivity contribution in [3.63, 3.8) is 0 Å². The number of benzene rings is 2. The van der Waals surface area contributed by atoms with Crippen molar-refractivity contribution < 1.29 is 13.2 Å². The van der Waals surface area contributed by atoms with E-state index in [0.29, 0.717) is 4.90 Å². The van der Waals surface area contributed by atoms with Gasteiger partial charge >= 0.3 is 0 Å². The minimum absolute atomic E-state index is 0.00102. The van der Waals surface area contributed by atoms with Crippen LogP contribution in [0.15, 0.2) is 47.4 Å². The maximum atomic E-state index is 12.3. The Labute approximate surface area is 182 Å². The second-order valence-electron chi connectivity index (χ2n) is 9.74. The molecule has 4 heteroatoms. The van der Waals surface area contributed by atoms with E-state index < -0.39 is 9.84 Å². The smallest absolute Gasteiger partial charge is 0.180 e. The summed E-state index contributed by atoms with van der Waals surface area (Å²) in [5.74, 6) is -0.00102. The van der Waals surface area contributed by atoms with Crippen molar-refractivity contribution in [2.45, 2.75) is 63.2 Å². The Hall–Kier alpha value is -1.91. The largest absolute Gasteiger partial charge is 0.384 e. The zero-order chi connectivity index (χ0) is 22.2. The number of sulfone groups is 1. The molecule has 0 aromatic heterocycles. The van der Waals surface area contributed by atoms with Crippen molar-refractivity contribution in [3.8, 4) is 0 Å². The molecule has 3 rings (SSSR count). The number of rotatable bonds is 6. The Balaban J connectivity index is 1.89. The molecule has 162 valence electrons. The predicted octanol–water partition coefficient (Wildman–Crippen LogP) is 6.02. The van der Waals surface area contributed by atoms with Gasteiger partial charge in [-0.1, -0.05) is 64.1 Å². The number of hydrogen-bond acceptors (Lipinski definition) is 3. The number of allylic oxidation sites excluding steroid dienone is 1. The first kappa shape index (κ1) is 22.8. The summed E-state index contributed by atoms with van der Waals surface area (Å²) in [5, 5.41) is 0. The van der Waals surface area contributed by atoms with E-state index in [1.54, 1.807) is 12.1 Å². The third kappa shape index (κ3) is 4.70. The minimum Gasteiger partial charge on any atom is -0.384 e. The van der Waals surface area contributed by atoms with Crippen LogP contribution in [-0.2, 0) is 25.4 Å². The van der Waals surface area contributed by atoms with Crippen LogP contribution in [0.2, 0.25) is 0 Å². The lowest BCUT2D eigenvalue weighted by Crippen LogP contribution is -2.33. The highest BCUT2D eigenvalue weighted by atomic mass is 32.2. The van der Waals surface area contributed by atoms with Gasteiger partial charge in [0.05, 0.1) is 17.3 Å². The molecule has 0 saturated heterocycles. The van der Waals surface area contributed by atoms with E-state index >= 15 is 0 Å². The molecule has 0 radical (unpaired) electrons. The third-order valence-electron chi connectivity index (χ3n) is 6.49. The highest BCUT2D eigenvalue weighted by Crippen LogP contribution is 2.46. The van der Waals surface area contributed by atoms with Crippen LogP contribution in [0.1, 0.15) is 69.7 Å². The van der Waals surface area contributed by atoms with Crippen LogP contribution >= 0.6 is 0 Å². The molecule has 0 N–H and O–H groups in total. The fourth-order valence-corrected chi connectivity index (χ4v) is 5.42. The second kappa shape index (κ2) is 8.32. The Bertz CT molecular complexity index is 1040. The van der Waals surface area contributed by atoms with Crippen molar-refractivity contribution in [1.29, 1.82) is 0 Å². The summed E-state index contributed by atoms with van der Waals surface area (Å²) in [5.41, 5.74) is 6.69. The second-order valence-corrected chi connectivity index (χ2v) is 11.8. The topological polar surface area (TPSA) is 43.4 Å². The number of methoxy groups -OCH3 is 1. The molecule has 0 atom stereocenters. The average Bonchev–Trinajstić information content (AvgIpc) is 2.70. The van der Waals surface area contributed by atoms with Gasteiger partial charge in [0.1, 0.15) is 0 Å². The van der Waals surface area contributed by atoms with Crippen LogP contribution in [0.25, 0.3) is 11.6 Å². The molecule has 2 aromatic rings. The minimum atomic E-state index is -3.30. The quantitative estimate of drug-likeness (QED) is 0.531. The maximum absolute atomic E-state index is 12.3. The zero-order valence-electron chi connectivity index (χ0n) is 19.1. The lowest BCUT2D eigenvalue weighted by Gasteiger charge is -2.42. The van der Waals surface area contributed by atoms with Crippen molar-refractivity contribution in [1.82, 2.24) is 0 Å². The fourth-order valence-electron chi connectivity index (χ4n) is 4.25. The molecule has 0 aliphatic heterocycles. The fraction of sp³-hybridized carbons (Fsp3) is 0.462. The summed E-state index contributed by atoms with van der Waals surface area (Å²) in [6, 6.07) is 14.0. The van der Waals surface area contributed by atoms with E-state index in [2.05, 4.69) is 58.9 Å². The molecule has 3 nitrogen and oxygen atoms in total. The number of ether oxygens (including phenoxy) is 1. The van der Waals surface area contributed by atoms with E-state index in [-0.39, 0.29) is 23.2 Å². The Morgan fingerprint density at radius 3 is 2.17 bits per heavy atom. The molecular weight excluding hydrogens is 392 g/mol. The average molecular weight is 427 g/mol. The van der Waals surface area contributed by atoms with Gasteiger partial charge in [-0.2, -0.15) is 0 Å². The van der Waals surface area contributed by atoms with Gasteiger partial charge in [-0.15, -0.1) is 0 Å². The van der Waals surface area contributed by atoms with Crippen molar-refractivity contribution in [3.05, 3.63) is 64.7 Å². The summed E-state index contributed by atoms with van der Waals surface area (Å²) in [7, 11) is -1.79. The molecule has 0 saturated carbocycles. The van der Waals surface area contributed by atoms with Crippen LogP contribution in [0.4, 0.5) is 0 Å². The summed E-state index contributed by atoms with van der Waals surface area (Å²) in [4.78, 5) is 0.340. The summed E-state index contributed by atoms with van der Waals surface area (Å²) in [6.45, 7) is 11.7. The Kier molecular flexibility index (Phi) is 6.31. The normalized spacial score (nSPS) is 18.1. The number of hydrogen-bond donors (Lipinski definition) is 0. The Morgan fingerprint density at radius 2 is 1.57 bits per heavy atom. The van der Waals surface area contributed by atoms with Gasteiger partial charge < -0.3 is 4.74 Å². The third-order valence-corrected chi connectivity index (χ3v) is 8.18. The van der Waals surface area contributed by atoms with Gasteiger partial charge in [0.25, 0.3) is 0 Å². The van der Waals surface area contributed by atoms with Gasteiger partial charge in [-0.3, -0.25) is 0 Å². The lowest BCUT2D eigenvalue weighted by molar-refractivity contribution is 0.217. The van der Waals surface area contributed by atoms with E-state index in [1.165, 1.54) is 42.2 Å². The molecule has 0 bridgehead atoms. The lowest BCUT2D eigenvalue weighted by atomic mass is 9.63. The Morgan fingerprint density at radius 1 is 0.967 bits per heavy atom. The molecule has 0 amide bonds. The van der Waals surface area contributed by atoms with Gasteiger partial charge in [0, 0.05) is 7.11 Å². The molecule has 1 aliphatic rings. The summed E-state index contributed by atoms with van der Waals surface area (Å²) in [6.07, 6.45) is 4.52. The SMILES string of the molecule is COCCS(=O)(=O)c1ccc(C=C(C)c2ccc3c(c2)C(C)(C)CCC3(C)C)cc1. The highest BCUT2D eigenvalue weighted by Gasteiger charge is 2.36. The molecule has 1 aliphatic carbocycles. The predicted molar refractivity (Wildman–Crippen MR) is 126 cm³/mol. The first-order chi connectivity index (χ1) is 14.0. The standard InChI is InChI=1S/C26H34O3S/c1-19(17-20-7-10-22(11-8-20)30(27,28)16-15-29-6)21-9-12-23-24(18-21)26(4,5)14-13-25(23,2)3/h7-12,17-18H,13-16H2,1-6H3. The van der Waals surface area contributed by atoms with Crippen LogP contribution < -0.4 is 0 Å². The van der Waals surface area contributed by atoms with Crippen molar-refractivity contribution in [2.75, 3.05) is 19.5 Å². The van der Waals surface area contributed by atoms with E-state index in [0.717, 1.165) is 5.56 Å². The van der Waals surface area contributed by atoms with Crippen molar-refractivity contribution >= 4 is 21.5 Å². The van der Waals surface area contributed by atoms with Crippen LogP contribution in [-0.4, -0.2) is 27.9 Å². The van der Waals surface area contributed by atoms with Gasteiger partial charge in [-0.25, -0.2) is 8.42 Å². The molecule has 0 unspecified atom stereocenters. The van der Waals surface area contributed by atoms with Crippen molar-refractivity contribution in [2.24, 2.45) is 0 Å². The van der Waals surface area contributed by atoms with Gasteiger partial charge in [0.2, 0.25) is 0 Å². The van der Waals surface area contributed by atoms with Crippen LogP contribution in [0, 0.1) is 0 Å². The molecule has 0 spiro atoms. The zero-order valence-corrected chi connectivity index (χ0v) is 19.9. The van der Waals surface area contributed by atoms with E-state index in [1.807, 2.05) is 12.1 Å². The highest BCUT2D eigenvalue weighted by molar-refractivity contribution is 7.91. The van der Waals surface area contributed by atoms with Crippen LogP contribution in [0.3, 0.4) is 0 Å². The monoisotopic (exact) mass is 426 g/mol. The maximum Gasteiger partial charge on any atom is 0.180 e. The van der Waals surface area contributed by atoms with Crippen LogP contribution in [0.5, 0.6) is 0 Å². The first-order valence-corrected chi connectivity index (χ1v) is 12.3. The molecule has 30 heavy (non-hydrogen) atoms. The molecule has 0 heterocycles.